The van der Waals surface area contributed by atoms with E-state index < -0.39 is 0 Å². The van der Waals surface area contributed by atoms with Crippen LogP contribution in [-0.4, -0.2) is 62.3 Å². The van der Waals surface area contributed by atoms with Crippen LogP contribution in [-0.2, 0) is 17.7 Å². The maximum Gasteiger partial charge on any atom is 0.270 e. The first-order valence-corrected chi connectivity index (χ1v) is 14.5. The molecule has 3 aromatic heterocycles. The summed E-state index contributed by atoms with van der Waals surface area (Å²) in [5, 5.41) is 0. The lowest BCUT2D eigenvalue weighted by atomic mass is 10.0. The lowest BCUT2D eigenvalue weighted by molar-refractivity contribution is 0.0370. The summed E-state index contributed by atoms with van der Waals surface area (Å²) >= 11 is 0. The van der Waals surface area contributed by atoms with E-state index in [1.807, 2.05) is 60.9 Å². The standard InChI is InChI=1S/C34H32N6O2/c41-34-31(21-24-5-2-1-3-6-24)36-29-23-32-30(22-28(29)38-34)37-33(40(32)16-4-15-39-17-19-42-20-18-39)27-9-7-25(8-10-27)26-11-13-35-14-12-26/h1-3,5-14,22-23H,4,15-21H2,(H,38,41). The number of nitrogens with zero attached hydrogens (tertiary/aromatic N) is 5. The Balaban J connectivity index is 1.27. The van der Waals surface area contributed by atoms with Gasteiger partial charge in [0, 0.05) is 50.6 Å². The number of fused-ring (bicyclic) bond motifs is 2. The summed E-state index contributed by atoms with van der Waals surface area (Å²) in [4.78, 5) is 32.5. The van der Waals surface area contributed by atoms with E-state index in [0.717, 1.165) is 90.4 Å². The zero-order valence-corrected chi connectivity index (χ0v) is 23.4. The number of rotatable bonds is 8. The van der Waals surface area contributed by atoms with Crippen molar-refractivity contribution in [3.05, 3.63) is 113 Å². The molecule has 0 amide bonds. The molecule has 1 aliphatic heterocycles. The van der Waals surface area contributed by atoms with Crippen LogP contribution in [0.1, 0.15) is 17.7 Å². The van der Waals surface area contributed by atoms with Crippen molar-refractivity contribution in [3.8, 4) is 22.5 Å². The highest BCUT2D eigenvalue weighted by Crippen LogP contribution is 2.29. The monoisotopic (exact) mass is 556 g/mol. The molecule has 8 nitrogen and oxygen atoms in total. The van der Waals surface area contributed by atoms with E-state index in [1.54, 1.807) is 0 Å². The molecule has 0 unspecified atom stereocenters. The molecule has 1 N–H and O–H groups in total. The predicted octanol–water partition coefficient (Wildman–Crippen LogP) is 5.31. The van der Waals surface area contributed by atoms with Crippen molar-refractivity contribution < 1.29 is 4.74 Å². The predicted molar refractivity (Wildman–Crippen MR) is 165 cm³/mol. The summed E-state index contributed by atoms with van der Waals surface area (Å²) in [6, 6.07) is 26.6. The van der Waals surface area contributed by atoms with E-state index >= 15 is 0 Å². The molecule has 0 saturated carbocycles. The first kappa shape index (κ1) is 26.3. The Morgan fingerprint density at radius 3 is 2.31 bits per heavy atom. The molecule has 6 aromatic rings. The summed E-state index contributed by atoms with van der Waals surface area (Å²) < 4.78 is 7.84. The van der Waals surface area contributed by atoms with Crippen LogP contribution in [0.2, 0.25) is 0 Å². The van der Waals surface area contributed by atoms with Gasteiger partial charge < -0.3 is 14.3 Å². The van der Waals surface area contributed by atoms with Gasteiger partial charge in [-0.1, -0.05) is 54.6 Å². The zero-order chi connectivity index (χ0) is 28.3. The Morgan fingerprint density at radius 2 is 1.52 bits per heavy atom. The SMILES string of the molecule is O=c1[nH]c2cc3nc(-c4ccc(-c5ccncc5)cc4)n(CCCN4CCOCC4)c3cc2nc1Cc1ccccc1. The molecule has 1 fully saturated rings. The van der Waals surface area contributed by atoms with Crippen molar-refractivity contribution in [2.24, 2.45) is 0 Å². The normalized spacial score (nSPS) is 14.1. The maximum atomic E-state index is 12.9. The third kappa shape index (κ3) is 5.46. The van der Waals surface area contributed by atoms with Crippen LogP contribution in [0.4, 0.5) is 0 Å². The average Bonchev–Trinajstić information content (AvgIpc) is 3.39. The molecule has 1 saturated heterocycles. The molecular formula is C34H32N6O2. The van der Waals surface area contributed by atoms with Crippen LogP contribution in [0.15, 0.2) is 96.1 Å². The number of H-pyrrole nitrogens is 1. The van der Waals surface area contributed by atoms with Gasteiger partial charge in [0.05, 0.1) is 35.3 Å². The maximum absolute atomic E-state index is 12.9. The Hall–Kier alpha value is -4.66. The van der Waals surface area contributed by atoms with Crippen molar-refractivity contribution >= 4 is 22.1 Å². The molecule has 1 aliphatic rings. The van der Waals surface area contributed by atoms with E-state index in [-0.39, 0.29) is 5.56 Å². The fourth-order valence-electron chi connectivity index (χ4n) is 5.73. The van der Waals surface area contributed by atoms with E-state index in [2.05, 4.69) is 49.8 Å². The van der Waals surface area contributed by atoms with Gasteiger partial charge in [0.1, 0.15) is 11.5 Å². The molecular weight excluding hydrogens is 524 g/mol. The number of aromatic amines is 1. The van der Waals surface area contributed by atoms with Gasteiger partial charge in [-0.25, -0.2) is 9.97 Å². The number of imidazole rings is 1. The first-order valence-electron chi connectivity index (χ1n) is 14.5. The van der Waals surface area contributed by atoms with E-state index in [9.17, 15) is 4.79 Å². The van der Waals surface area contributed by atoms with E-state index in [4.69, 9.17) is 14.7 Å². The quantitative estimate of drug-likeness (QED) is 0.273. The fraction of sp³-hybridized carbons (Fsp3) is 0.235. The summed E-state index contributed by atoms with van der Waals surface area (Å²) in [6.07, 6.45) is 5.10. The lowest BCUT2D eigenvalue weighted by Crippen LogP contribution is -2.37. The molecule has 42 heavy (non-hydrogen) atoms. The van der Waals surface area contributed by atoms with Crippen LogP contribution in [0.25, 0.3) is 44.6 Å². The second kappa shape index (κ2) is 11.7. The van der Waals surface area contributed by atoms with Gasteiger partial charge in [-0.05, 0) is 47.4 Å². The number of benzene rings is 3. The van der Waals surface area contributed by atoms with Gasteiger partial charge >= 0.3 is 0 Å². The van der Waals surface area contributed by atoms with Gasteiger partial charge in [-0.2, -0.15) is 0 Å². The Bertz CT molecular complexity index is 1880. The minimum atomic E-state index is -0.164. The third-order valence-corrected chi connectivity index (χ3v) is 7.96. The highest BCUT2D eigenvalue weighted by molar-refractivity contribution is 5.93. The van der Waals surface area contributed by atoms with Gasteiger partial charge in [-0.15, -0.1) is 0 Å². The number of aromatic nitrogens is 5. The fourth-order valence-corrected chi connectivity index (χ4v) is 5.73. The number of morpholine rings is 1. The Labute approximate surface area is 243 Å². The first-order chi connectivity index (χ1) is 20.7. The molecule has 210 valence electrons. The zero-order valence-electron chi connectivity index (χ0n) is 23.4. The molecule has 0 bridgehead atoms. The minimum absolute atomic E-state index is 0.164. The third-order valence-electron chi connectivity index (χ3n) is 7.96. The summed E-state index contributed by atoms with van der Waals surface area (Å²) in [6.45, 7) is 5.36. The number of nitrogens with one attached hydrogen (secondary N) is 1. The van der Waals surface area contributed by atoms with Crippen LogP contribution >= 0.6 is 0 Å². The molecule has 0 aliphatic carbocycles. The smallest absolute Gasteiger partial charge is 0.270 e. The highest BCUT2D eigenvalue weighted by atomic mass is 16.5. The van der Waals surface area contributed by atoms with Crippen molar-refractivity contribution in [3.63, 3.8) is 0 Å². The van der Waals surface area contributed by atoms with Crippen LogP contribution in [0.5, 0.6) is 0 Å². The molecule has 0 radical (unpaired) electrons. The van der Waals surface area contributed by atoms with Crippen molar-refractivity contribution in [2.75, 3.05) is 32.8 Å². The van der Waals surface area contributed by atoms with Gasteiger partial charge in [0.2, 0.25) is 0 Å². The molecule has 0 atom stereocenters. The number of pyridine rings is 1. The Kier molecular flexibility index (Phi) is 7.30. The summed E-state index contributed by atoms with van der Waals surface area (Å²) in [5.41, 5.74) is 8.04. The number of aryl methyl sites for hydroxylation is 1. The largest absolute Gasteiger partial charge is 0.379 e. The number of hydrogen-bond acceptors (Lipinski definition) is 6. The van der Waals surface area contributed by atoms with Crippen molar-refractivity contribution in [1.29, 1.82) is 0 Å². The molecule has 7 rings (SSSR count). The van der Waals surface area contributed by atoms with Gasteiger partial charge in [-0.3, -0.25) is 14.7 Å². The number of hydrogen-bond donors (Lipinski definition) is 1. The second-order valence-corrected chi connectivity index (χ2v) is 10.7. The molecule has 0 spiro atoms. The average molecular weight is 557 g/mol. The van der Waals surface area contributed by atoms with Crippen molar-refractivity contribution in [2.45, 2.75) is 19.4 Å². The minimum Gasteiger partial charge on any atom is -0.379 e. The lowest BCUT2D eigenvalue weighted by Gasteiger charge is -2.26. The topological polar surface area (TPSA) is 88.9 Å². The number of ether oxygens (including phenoxy) is 1. The van der Waals surface area contributed by atoms with Gasteiger partial charge in [0.25, 0.3) is 5.56 Å². The van der Waals surface area contributed by atoms with Gasteiger partial charge in [0.15, 0.2) is 0 Å². The van der Waals surface area contributed by atoms with E-state index in [1.165, 1.54) is 0 Å². The highest BCUT2D eigenvalue weighted by Gasteiger charge is 2.17. The van der Waals surface area contributed by atoms with Crippen LogP contribution in [0.3, 0.4) is 0 Å². The summed E-state index contributed by atoms with van der Waals surface area (Å²) in [5.74, 6) is 0.912. The van der Waals surface area contributed by atoms with Crippen LogP contribution in [0, 0.1) is 0 Å². The second-order valence-electron chi connectivity index (χ2n) is 10.7. The molecule has 8 heteroatoms. The summed E-state index contributed by atoms with van der Waals surface area (Å²) in [7, 11) is 0. The molecule has 4 heterocycles. The van der Waals surface area contributed by atoms with Crippen molar-refractivity contribution in [1.82, 2.24) is 29.4 Å². The molecule has 3 aromatic carbocycles. The van der Waals surface area contributed by atoms with Crippen LogP contribution < -0.4 is 5.56 Å². The van der Waals surface area contributed by atoms with E-state index in [0.29, 0.717) is 17.6 Å². The Morgan fingerprint density at radius 1 is 0.786 bits per heavy atom.